The lowest BCUT2D eigenvalue weighted by Gasteiger charge is -2.00. The molecule has 5 heteroatoms. The molecule has 76 valence electrons. The molecular formula is C10H10N4O. The molecule has 0 aromatic carbocycles. The van der Waals surface area contributed by atoms with Crippen LogP contribution < -0.4 is 5.32 Å². The molecule has 0 aliphatic heterocycles. The van der Waals surface area contributed by atoms with E-state index in [0.29, 0.717) is 11.5 Å². The van der Waals surface area contributed by atoms with Crippen molar-refractivity contribution < 1.29 is 4.79 Å². The molecule has 3 rings (SSSR count). The van der Waals surface area contributed by atoms with E-state index in [0.717, 1.165) is 18.2 Å². The molecule has 1 aliphatic rings. The number of rotatable bonds is 2. The maximum Gasteiger partial charge on any atom is 0.228 e. The number of carbonyl (C=O) groups excluding carboxylic acids is 1. The van der Waals surface area contributed by atoms with Crippen molar-refractivity contribution in [1.82, 2.24) is 15.2 Å². The summed E-state index contributed by atoms with van der Waals surface area (Å²) in [6.07, 6.45) is 3.67. The molecule has 1 saturated carbocycles. The Hall–Kier alpha value is -1.91. The second kappa shape index (κ2) is 3.05. The maximum absolute atomic E-state index is 11.5. The van der Waals surface area contributed by atoms with Gasteiger partial charge in [0.25, 0.3) is 0 Å². The number of pyridine rings is 1. The zero-order chi connectivity index (χ0) is 10.3. The normalized spacial score (nSPS) is 15.5. The largest absolute Gasteiger partial charge is 0.310 e. The summed E-state index contributed by atoms with van der Waals surface area (Å²) in [6, 6.07) is 3.71. The van der Waals surface area contributed by atoms with Gasteiger partial charge in [-0.1, -0.05) is 0 Å². The molecule has 1 amide bonds. The summed E-state index contributed by atoms with van der Waals surface area (Å²) in [4.78, 5) is 15.6. The van der Waals surface area contributed by atoms with Gasteiger partial charge in [0.05, 0.1) is 5.39 Å². The van der Waals surface area contributed by atoms with Crippen LogP contribution in [0.1, 0.15) is 12.8 Å². The molecule has 15 heavy (non-hydrogen) atoms. The fourth-order valence-corrected chi connectivity index (χ4v) is 1.52. The molecule has 2 heterocycles. The van der Waals surface area contributed by atoms with Gasteiger partial charge in [-0.15, -0.1) is 0 Å². The van der Waals surface area contributed by atoms with Crippen molar-refractivity contribution in [2.45, 2.75) is 12.8 Å². The summed E-state index contributed by atoms with van der Waals surface area (Å²) in [7, 11) is 0. The molecule has 0 radical (unpaired) electrons. The molecule has 1 fully saturated rings. The monoisotopic (exact) mass is 202 g/mol. The fourth-order valence-electron chi connectivity index (χ4n) is 1.52. The molecule has 0 spiro atoms. The number of amides is 1. The Bertz CT molecular complexity index is 515. The van der Waals surface area contributed by atoms with Crippen LogP contribution >= 0.6 is 0 Å². The van der Waals surface area contributed by atoms with Crippen LogP contribution in [0.2, 0.25) is 0 Å². The van der Waals surface area contributed by atoms with Crippen molar-refractivity contribution in [3.8, 4) is 0 Å². The number of anilines is 1. The molecule has 2 N–H and O–H groups in total. The average molecular weight is 202 g/mol. The number of H-pyrrole nitrogens is 1. The van der Waals surface area contributed by atoms with Gasteiger partial charge in [-0.05, 0) is 25.0 Å². The Balaban J connectivity index is 1.93. The zero-order valence-corrected chi connectivity index (χ0v) is 8.03. The number of hydrogen-bond donors (Lipinski definition) is 2. The van der Waals surface area contributed by atoms with Crippen molar-refractivity contribution in [2.24, 2.45) is 5.92 Å². The summed E-state index contributed by atoms with van der Waals surface area (Å²) >= 11 is 0. The van der Waals surface area contributed by atoms with E-state index in [1.807, 2.05) is 12.1 Å². The third-order valence-electron chi connectivity index (χ3n) is 2.53. The number of nitrogens with zero attached hydrogens (tertiary/aromatic N) is 2. The summed E-state index contributed by atoms with van der Waals surface area (Å²) in [5.41, 5.74) is 0.628. The van der Waals surface area contributed by atoms with E-state index in [1.165, 1.54) is 0 Å². The van der Waals surface area contributed by atoms with Gasteiger partial charge in [-0.3, -0.25) is 9.89 Å². The minimum Gasteiger partial charge on any atom is -0.310 e. The first-order valence-electron chi connectivity index (χ1n) is 4.94. The lowest BCUT2D eigenvalue weighted by Crippen LogP contribution is -2.13. The van der Waals surface area contributed by atoms with Crippen LogP contribution in [0.5, 0.6) is 0 Å². The van der Waals surface area contributed by atoms with Crippen molar-refractivity contribution in [3.05, 3.63) is 18.3 Å². The van der Waals surface area contributed by atoms with Gasteiger partial charge in [0, 0.05) is 12.1 Å². The summed E-state index contributed by atoms with van der Waals surface area (Å²) in [6.45, 7) is 0. The minimum absolute atomic E-state index is 0.0735. The molecule has 0 atom stereocenters. The SMILES string of the molecule is O=C(Nc1[nH]nc2ncccc12)C1CC1. The second-order valence-electron chi connectivity index (χ2n) is 3.74. The van der Waals surface area contributed by atoms with Crippen molar-refractivity contribution in [2.75, 3.05) is 5.32 Å². The molecule has 0 saturated heterocycles. The summed E-state index contributed by atoms with van der Waals surface area (Å²) in [5.74, 6) is 0.916. The molecular weight excluding hydrogens is 192 g/mol. The van der Waals surface area contributed by atoms with Crippen LogP contribution in [0.15, 0.2) is 18.3 Å². The first kappa shape index (κ1) is 8.40. The summed E-state index contributed by atoms with van der Waals surface area (Å²) in [5, 5.41) is 10.5. The van der Waals surface area contributed by atoms with E-state index < -0.39 is 0 Å². The van der Waals surface area contributed by atoms with Gasteiger partial charge in [0.1, 0.15) is 5.82 Å². The Kier molecular flexibility index (Phi) is 1.71. The Morgan fingerprint density at radius 1 is 1.53 bits per heavy atom. The predicted molar refractivity (Wildman–Crippen MR) is 55.2 cm³/mol. The van der Waals surface area contributed by atoms with Crippen molar-refractivity contribution in [3.63, 3.8) is 0 Å². The Morgan fingerprint density at radius 2 is 2.40 bits per heavy atom. The van der Waals surface area contributed by atoms with Gasteiger partial charge in [-0.2, -0.15) is 5.10 Å². The van der Waals surface area contributed by atoms with Crippen molar-refractivity contribution in [1.29, 1.82) is 0 Å². The third kappa shape index (κ3) is 1.45. The highest BCUT2D eigenvalue weighted by Crippen LogP contribution is 2.30. The molecule has 0 unspecified atom stereocenters. The van der Waals surface area contributed by atoms with Gasteiger partial charge >= 0.3 is 0 Å². The van der Waals surface area contributed by atoms with Gasteiger partial charge in [-0.25, -0.2) is 4.98 Å². The number of hydrogen-bond acceptors (Lipinski definition) is 3. The Labute approximate surface area is 85.9 Å². The van der Waals surface area contributed by atoms with E-state index in [2.05, 4.69) is 20.5 Å². The van der Waals surface area contributed by atoms with Gasteiger partial charge in [0.15, 0.2) is 5.65 Å². The minimum atomic E-state index is 0.0735. The molecule has 2 aromatic rings. The van der Waals surface area contributed by atoms with E-state index in [4.69, 9.17) is 0 Å². The van der Waals surface area contributed by atoms with E-state index in [9.17, 15) is 4.79 Å². The highest BCUT2D eigenvalue weighted by atomic mass is 16.2. The maximum atomic E-state index is 11.5. The quantitative estimate of drug-likeness (QED) is 0.771. The molecule has 2 aromatic heterocycles. The van der Waals surface area contributed by atoms with Crippen LogP contribution in [0.3, 0.4) is 0 Å². The molecule has 0 bridgehead atoms. The van der Waals surface area contributed by atoms with E-state index >= 15 is 0 Å². The smallest absolute Gasteiger partial charge is 0.228 e. The lowest BCUT2D eigenvalue weighted by molar-refractivity contribution is -0.117. The number of carbonyl (C=O) groups is 1. The topological polar surface area (TPSA) is 70.7 Å². The molecule has 5 nitrogen and oxygen atoms in total. The van der Waals surface area contributed by atoms with Crippen LogP contribution in [0, 0.1) is 5.92 Å². The Morgan fingerprint density at radius 3 is 3.20 bits per heavy atom. The van der Waals surface area contributed by atoms with E-state index in [1.54, 1.807) is 6.20 Å². The average Bonchev–Trinajstić information content (AvgIpc) is 3.03. The second-order valence-corrected chi connectivity index (χ2v) is 3.74. The van der Waals surface area contributed by atoms with Crippen LogP contribution in [-0.4, -0.2) is 21.1 Å². The first-order chi connectivity index (χ1) is 7.34. The number of fused-ring (bicyclic) bond motifs is 1. The number of aromatic amines is 1. The number of nitrogens with one attached hydrogen (secondary N) is 2. The highest BCUT2D eigenvalue weighted by molar-refractivity contribution is 6.00. The van der Waals surface area contributed by atoms with Crippen LogP contribution in [-0.2, 0) is 4.79 Å². The van der Waals surface area contributed by atoms with Gasteiger partial charge < -0.3 is 5.32 Å². The standard InChI is InChI=1S/C10H10N4O/c15-10(6-3-4-6)12-9-7-2-1-5-11-8(7)13-14-9/h1-2,5-6H,3-4H2,(H2,11,12,13,14,15). The molecule has 1 aliphatic carbocycles. The summed E-state index contributed by atoms with van der Waals surface area (Å²) < 4.78 is 0. The van der Waals surface area contributed by atoms with Crippen molar-refractivity contribution >= 4 is 22.8 Å². The zero-order valence-electron chi connectivity index (χ0n) is 8.03. The van der Waals surface area contributed by atoms with Crippen LogP contribution in [0.4, 0.5) is 5.82 Å². The van der Waals surface area contributed by atoms with Crippen LogP contribution in [0.25, 0.3) is 11.0 Å². The van der Waals surface area contributed by atoms with Gasteiger partial charge in [0.2, 0.25) is 5.91 Å². The first-order valence-corrected chi connectivity index (χ1v) is 4.94. The fraction of sp³-hybridized carbons (Fsp3) is 0.300. The third-order valence-corrected chi connectivity index (χ3v) is 2.53. The highest BCUT2D eigenvalue weighted by Gasteiger charge is 2.30. The number of aromatic nitrogens is 3. The predicted octanol–water partition coefficient (Wildman–Crippen LogP) is 1.31. The van der Waals surface area contributed by atoms with E-state index in [-0.39, 0.29) is 11.8 Å². The lowest BCUT2D eigenvalue weighted by atomic mass is 10.3.